The van der Waals surface area contributed by atoms with Gasteiger partial charge in [-0.25, -0.2) is 0 Å². The molecule has 9 heteroatoms. The Hall–Kier alpha value is -1.06. The SMILES string of the molecule is CSCCC(N)C(=O)NCCOCCO[N+](=O)[O-]. The van der Waals surface area contributed by atoms with Crippen molar-refractivity contribution in [3.63, 3.8) is 0 Å². The molecule has 0 saturated carbocycles. The van der Waals surface area contributed by atoms with Crippen molar-refractivity contribution >= 4 is 17.7 Å². The van der Waals surface area contributed by atoms with Gasteiger partial charge in [-0.3, -0.25) is 4.79 Å². The van der Waals surface area contributed by atoms with Crippen LogP contribution in [-0.4, -0.2) is 55.4 Å². The molecule has 18 heavy (non-hydrogen) atoms. The van der Waals surface area contributed by atoms with E-state index in [-0.39, 0.29) is 25.7 Å². The zero-order chi connectivity index (χ0) is 13.8. The summed E-state index contributed by atoms with van der Waals surface area (Å²) in [5.74, 6) is 0.623. The van der Waals surface area contributed by atoms with Gasteiger partial charge in [-0.1, -0.05) is 0 Å². The Balaban J connectivity index is 3.37. The molecule has 0 aliphatic carbocycles. The molecular weight excluding hydrogens is 262 g/mol. The third-order valence-electron chi connectivity index (χ3n) is 1.94. The number of hydrogen-bond acceptors (Lipinski definition) is 7. The number of ether oxygens (including phenoxy) is 1. The van der Waals surface area contributed by atoms with Crippen molar-refractivity contribution in [3.05, 3.63) is 10.1 Å². The number of rotatable bonds is 11. The fourth-order valence-electron chi connectivity index (χ4n) is 1.03. The smallest absolute Gasteiger partial charge is 0.294 e. The van der Waals surface area contributed by atoms with Crippen LogP contribution in [0.1, 0.15) is 6.42 Å². The molecule has 1 amide bonds. The van der Waals surface area contributed by atoms with Gasteiger partial charge in [-0.05, 0) is 18.4 Å². The quantitative estimate of drug-likeness (QED) is 0.295. The number of nitrogens with zero attached hydrogens (tertiary/aromatic N) is 1. The van der Waals surface area contributed by atoms with Gasteiger partial charge in [0.25, 0.3) is 5.09 Å². The summed E-state index contributed by atoms with van der Waals surface area (Å²) in [6.07, 6.45) is 2.58. The molecule has 0 saturated heterocycles. The fraction of sp³-hybridized carbons (Fsp3) is 0.889. The number of nitrogens with one attached hydrogen (secondary N) is 1. The van der Waals surface area contributed by atoms with Gasteiger partial charge >= 0.3 is 0 Å². The molecule has 1 unspecified atom stereocenters. The molecule has 0 aliphatic heterocycles. The molecule has 1 atom stereocenters. The molecule has 0 heterocycles. The average Bonchev–Trinajstić information content (AvgIpc) is 2.34. The molecule has 0 aromatic heterocycles. The fourth-order valence-corrected chi connectivity index (χ4v) is 1.52. The lowest BCUT2D eigenvalue weighted by Gasteiger charge is -2.11. The number of carbonyl (C=O) groups excluding carboxylic acids is 1. The van der Waals surface area contributed by atoms with E-state index in [4.69, 9.17) is 10.5 Å². The van der Waals surface area contributed by atoms with Crippen LogP contribution in [0.3, 0.4) is 0 Å². The van der Waals surface area contributed by atoms with Crippen molar-refractivity contribution in [2.24, 2.45) is 5.73 Å². The number of carbonyl (C=O) groups is 1. The summed E-state index contributed by atoms with van der Waals surface area (Å²) in [5, 5.41) is 11.5. The Morgan fingerprint density at radius 2 is 2.22 bits per heavy atom. The Kier molecular flexibility index (Phi) is 10.4. The second-order valence-corrected chi connectivity index (χ2v) is 4.33. The standard InChI is InChI=1S/C9H19N3O5S/c1-18-7-2-8(10)9(13)11-3-4-16-5-6-17-12(14)15/h8H,2-7,10H2,1H3,(H,11,13). The summed E-state index contributed by atoms with van der Waals surface area (Å²) in [6.45, 7) is 0.579. The molecule has 0 aromatic rings. The lowest BCUT2D eigenvalue weighted by molar-refractivity contribution is -0.758. The van der Waals surface area contributed by atoms with Crippen molar-refractivity contribution in [1.29, 1.82) is 0 Å². The molecule has 3 N–H and O–H groups in total. The van der Waals surface area contributed by atoms with Gasteiger partial charge in [-0.15, -0.1) is 10.1 Å². The third kappa shape index (κ3) is 10.1. The first-order valence-electron chi connectivity index (χ1n) is 5.45. The minimum atomic E-state index is -0.879. The summed E-state index contributed by atoms with van der Waals surface area (Å²) in [7, 11) is 0. The molecule has 0 aromatic carbocycles. The summed E-state index contributed by atoms with van der Waals surface area (Å²) in [6, 6.07) is -0.504. The molecule has 0 radical (unpaired) electrons. The van der Waals surface area contributed by atoms with Crippen molar-refractivity contribution < 1.29 is 19.5 Å². The molecule has 106 valence electrons. The molecular formula is C9H19N3O5S. The van der Waals surface area contributed by atoms with Crippen molar-refractivity contribution in [1.82, 2.24) is 5.32 Å². The minimum absolute atomic E-state index is 0.107. The maximum Gasteiger partial charge on any atom is 0.294 e. The van der Waals surface area contributed by atoms with Gasteiger partial charge in [0.15, 0.2) is 0 Å². The summed E-state index contributed by atoms with van der Waals surface area (Å²) < 4.78 is 5.01. The zero-order valence-electron chi connectivity index (χ0n) is 10.3. The first-order chi connectivity index (χ1) is 8.57. The van der Waals surface area contributed by atoms with E-state index in [2.05, 4.69) is 10.2 Å². The maximum atomic E-state index is 11.4. The van der Waals surface area contributed by atoms with Crippen LogP contribution in [0.4, 0.5) is 0 Å². The zero-order valence-corrected chi connectivity index (χ0v) is 11.1. The molecule has 0 spiro atoms. The highest BCUT2D eigenvalue weighted by atomic mass is 32.2. The molecule has 8 nitrogen and oxygen atoms in total. The predicted molar refractivity (Wildman–Crippen MR) is 67.7 cm³/mol. The predicted octanol–water partition coefficient (Wildman–Crippen LogP) is -0.592. The minimum Gasteiger partial charge on any atom is -0.378 e. The van der Waals surface area contributed by atoms with Gasteiger partial charge in [0.2, 0.25) is 5.91 Å². The Morgan fingerprint density at radius 1 is 1.50 bits per heavy atom. The van der Waals surface area contributed by atoms with Crippen LogP contribution < -0.4 is 11.1 Å². The van der Waals surface area contributed by atoms with Crippen LogP contribution in [0.25, 0.3) is 0 Å². The molecule has 0 rings (SSSR count). The highest BCUT2D eigenvalue weighted by Crippen LogP contribution is 1.98. The van der Waals surface area contributed by atoms with Crippen molar-refractivity contribution in [2.45, 2.75) is 12.5 Å². The summed E-state index contributed by atoms with van der Waals surface area (Å²) in [5.41, 5.74) is 5.64. The molecule has 0 aliphatic rings. The highest BCUT2D eigenvalue weighted by Gasteiger charge is 2.11. The Bertz CT molecular complexity index is 254. The highest BCUT2D eigenvalue weighted by molar-refractivity contribution is 7.98. The van der Waals surface area contributed by atoms with Crippen LogP contribution in [-0.2, 0) is 14.4 Å². The van der Waals surface area contributed by atoms with Gasteiger partial charge in [0.1, 0.15) is 6.61 Å². The van der Waals surface area contributed by atoms with Crippen molar-refractivity contribution in [3.8, 4) is 0 Å². The van der Waals surface area contributed by atoms with E-state index in [1.54, 1.807) is 11.8 Å². The van der Waals surface area contributed by atoms with E-state index in [0.717, 1.165) is 5.75 Å². The normalized spacial score (nSPS) is 11.9. The van der Waals surface area contributed by atoms with E-state index in [1.165, 1.54) is 0 Å². The van der Waals surface area contributed by atoms with Crippen LogP contribution in [0.15, 0.2) is 0 Å². The second kappa shape index (κ2) is 11.1. The van der Waals surface area contributed by atoms with E-state index < -0.39 is 11.1 Å². The van der Waals surface area contributed by atoms with Crippen LogP contribution >= 0.6 is 11.8 Å². The first kappa shape index (κ1) is 16.9. The lowest BCUT2D eigenvalue weighted by atomic mass is 10.2. The van der Waals surface area contributed by atoms with Gasteiger partial charge in [-0.2, -0.15) is 11.8 Å². The van der Waals surface area contributed by atoms with Crippen LogP contribution in [0.5, 0.6) is 0 Å². The Labute approximate surface area is 110 Å². The van der Waals surface area contributed by atoms with Crippen LogP contribution in [0.2, 0.25) is 0 Å². The second-order valence-electron chi connectivity index (χ2n) is 3.35. The molecule has 0 fully saturated rings. The number of thioether (sulfide) groups is 1. The first-order valence-corrected chi connectivity index (χ1v) is 6.84. The lowest BCUT2D eigenvalue weighted by Crippen LogP contribution is -2.42. The van der Waals surface area contributed by atoms with Gasteiger partial charge in [0.05, 0.1) is 19.3 Å². The maximum absolute atomic E-state index is 11.4. The molecule has 0 bridgehead atoms. The third-order valence-corrected chi connectivity index (χ3v) is 2.58. The van der Waals surface area contributed by atoms with Gasteiger partial charge < -0.3 is 20.6 Å². The monoisotopic (exact) mass is 281 g/mol. The number of hydrogen-bond donors (Lipinski definition) is 2. The Morgan fingerprint density at radius 3 is 2.83 bits per heavy atom. The van der Waals surface area contributed by atoms with E-state index in [9.17, 15) is 14.9 Å². The van der Waals surface area contributed by atoms with E-state index in [0.29, 0.717) is 13.0 Å². The summed E-state index contributed by atoms with van der Waals surface area (Å²) in [4.78, 5) is 25.2. The van der Waals surface area contributed by atoms with Crippen LogP contribution in [0, 0.1) is 10.1 Å². The van der Waals surface area contributed by atoms with E-state index in [1.807, 2.05) is 6.26 Å². The topological polar surface area (TPSA) is 117 Å². The van der Waals surface area contributed by atoms with Gasteiger partial charge in [0, 0.05) is 6.54 Å². The van der Waals surface area contributed by atoms with Crippen molar-refractivity contribution in [2.75, 3.05) is 38.4 Å². The summed E-state index contributed by atoms with van der Waals surface area (Å²) >= 11 is 1.63. The number of amides is 1. The largest absolute Gasteiger partial charge is 0.378 e. The number of nitrogens with two attached hydrogens (primary N) is 1. The van der Waals surface area contributed by atoms with E-state index >= 15 is 0 Å². The average molecular weight is 281 g/mol.